The third-order valence-corrected chi connectivity index (χ3v) is 4.35. The summed E-state index contributed by atoms with van der Waals surface area (Å²) in [4.78, 5) is 0. The molecule has 2 heteroatoms. The maximum atomic E-state index is 5.23. The normalized spacial score (nSPS) is 16.2. The number of furan rings is 1. The second-order valence-corrected chi connectivity index (χ2v) is 6.10. The van der Waals surface area contributed by atoms with Crippen LogP contribution in [0.4, 0.5) is 0 Å². The van der Waals surface area contributed by atoms with Gasteiger partial charge in [0.25, 0.3) is 0 Å². The molecule has 0 saturated carbocycles. The van der Waals surface area contributed by atoms with Crippen molar-refractivity contribution in [2.24, 2.45) is 5.92 Å². The van der Waals surface area contributed by atoms with Crippen LogP contribution in [0.25, 0.3) is 16.7 Å². The van der Waals surface area contributed by atoms with Crippen molar-refractivity contribution in [1.29, 1.82) is 0 Å². The zero-order valence-corrected chi connectivity index (χ0v) is 16.6. The zero-order chi connectivity index (χ0) is 16.4. The topological polar surface area (TPSA) is 13.1 Å². The molecular weight excluding hydrogens is 383 g/mol. The number of hydrogen-bond acceptors (Lipinski definition) is 1. The second kappa shape index (κ2) is 7.98. The Morgan fingerprint density at radius 2 is 1.84 bits per heavy atom. The first-order valence-corrected chi connectivity index (χ1v) is 8.24. The molecule has 1 heterocycles. The van der Waals surface area contributed by atoms with Gasteiger partial charge in [-0.2, -0.15) is 35.9 Å². The van der Waals surface area contributed by atoms with E-state index in [0.29, 0.717) is 5.92 Å². The first-order chi connectivity index (χ1) is 11.8. The molecule has 2 aliphatic carbocycles. The Balaban J connectivity index is 0.000000142. The average molecular weight is 402 g/mol. The van der Waals surface area contributed by atoms with Gasteiger partial charge >= 0.3 is 26.2 Å². The molecule has 0 radical (unpaired) electrons. The van der Waals surface area contributed by atoms with Crippen LogP contribution in [0.1, 0.15) is 23.8 Å². The molecule has 2 aliphatic rings. The van der Waals surface area contributed by atoms with E-state index in [0.717, 1.165) is 17.8 Å². The van der Waals surface area contributed by atoms with Gasteiger partial charge in [-0.1, -0.05) is 48.2 Å². The Bertz CT molecular complexity index is 860. The molecule has 1 atom stereocenters. The third-order valence-electron chi connectivity index (χ3n) is 4.35. The van der Waals surface area contributed by atoms with Gasteiger partial charge in [-0.05, 0) is 18.6 Å². The van der Waals surface area contributed by atoms with Gasteiger partial charge in [0.05, 0.1) is 12.0 Å². The fourth-order valence-corrected chi connectivity index (χ4v) is 3.18. The smallest absolute Gasteiger partial charge is 0.483 e. The van der Waals surface area contributed by atoms with Gasteiger partial charge in [-0.15, -0.1) is 11.1 Å². The largest absolute Gasteiger partial charge is 2.00 e. The van der Waals surface area contributed by atoms with E-state index >= 15 is 0 Å². The van der Waals surface area contributed by atoms with Crippen LogP contribution in [0.15, 0.2) is 77.4 Å². The van der Waals surface area contributed by atoms with Gasteiger partial charge in [-0.3, -0.25) is 6.08 Å². The number of fused-ring (bicyclic) bond motifs is 3. The molecule has 0 aliphatic heterocycles. The van der Waals surface area contributed by atoms with Crippen LogP contribution in [0.5, 0.6) is 0 Å². The van der Waals surface area contributed by atoms with E-state index in [1.54, 1.807) is 6.26 Å². The van der Waals surface area contributed by atoms with Crippen LogP contribution < -0.4 is 0 Å². The summed E-state index contributed by atoms with van der Waals surface area (Å²) in [6, 6.07) is 22.0. The molecule has 0 fully saturated rings. The van der Waals surface area contributed by atoms with Gasteiger partial charge < -0.3 is 4.42 Å². The van der Waals surface area contributed by atoms with Crippen LogP contribution in [-0.2, 0) is 32.6 Å². The fourth-order valence-electron chi connectivity index (χ4n) is 3.18. The summed E-state index contributed by atoms with van der Waals surface area (Å²) in [5.41, 5.74) is 6.65. The molecular formula is C23H18OZr. The summed E-state index contributed by atoms with van der Waals surface area (Å²) in [5.74, 6) is 1.36. The molecule has 0 bridgehead atoms. The SMILES string of the molecule is CC1[C-]=CC(c2ccco2)=C1.[Zr+2].[c-]1cccc2c1Cc1ccccc1-2. The van der Waals surface area contributed by atoms with E-state index in [-0.39, 0.29) is 26.2 Å². The van der Waals surface area contributed by atoms with Gasteiger partial charge in [0.15, 0.2) is 0 Å². The van der Waals surface area contributed by atoms with Crippen molar-refractivity contribution < 1.29 is 30.6 Å². The minimum Gasteiger partial charge on any atom is -0.483 e. The van der Waals surface area contributed by atoms with Crippen molar-refractivity contribution in [3.05, 3.63) is 102 Å². The monoisotopic (exact) mass is 400 g/mol. The van der Waals surface area contributed by atoms with Gasteiger partial charge in [0.2, 0.25) is 0 Å². The van der Waals surface area contributed by atoms with E-state index in [4.69, 9.17) is 4.42 Å². The van der Waals surface area contributed by atoms with Crippen LogP contribution in [0.2, 0.25) is 0 Å². The van der Waals surface area contributed by atoms with E-state index in [2.05, 4.69) is 61.5 Å². The summed E-state index contributed by atoms with van der Waals surface area (Å²) in [5, 5.41) is 0. The van der Waals surface area contributed by atoms with Gasteiger partial charge in [-0.25, -0.2) is 6.08 Å². The number of hydrogen-bond donors (Lipinski definition) is 0. The quantitative estimate of drug-likeness (QED) is 0.371. The second-order valence-electron chi connectivity index (χ2n) is 6.10. The van der Waals surface area contributed by atoms with E-state index in [1.165, 1.54) is 22.3 Å². The molecule has 1 unspecified atom stereocenters. The van der Waals surface area contributed by atoms with Crippen LogP contribution in [0, 0.1) is 18.1 Å². The molecule has 1 nitrogen and oxygen atoms in total. The molecule has 2 aromatic carbocycles. The molecule has 25 heavy (non-hydrogen) atoms. The molecule has 5 rings (SSSR count). The van der Waals surface area contributed by atoms with E-state index in [1.807, 2.05) is 24.3 Å². The minimum atomic E-state index is 0. The summed E-state index contributed by atoms with van der Waals surface area (Å²) in [7, 11) is 0. The number of allylic oxidation sites excluding steroid dienone is 4. The first-order valence-electron chi connectivity index (χ1n) is 8.24. The Morgan fingerprint density at radius 1 is 1.00 bits per heavy atom. The first kappa shape index (κ1) is 17.9. The van der Waals surface area contributed by atoms with Crippen molar-refractivity contribution in [3.63, 3.8) is 0 Å². The predicted molar refractivity (Wildman–Crippen MR) is 97.2 cm³/mol. The molecule has 0 N–H and O–H groups in total. The van der Waals surface area contributed by atoms with Gasteiger partial charge in [0.1, 0.15) is 0 Å². The summed E-state index contributed by atoms with van der Waals surface area (Å²) in [6.07, 6.45) is 10.0. The van der Waals surface area contributed by atoms with Crippen LogP contribution >= 0.6 is 0 Å². The van der Waals surface area contributed by atoms with Gasteiger partial charge in [0, 0.05) is 0 Å². The molecule has 1 aromatic heterocycles. The maximum absolute atomic E-state index is 5.23. The van der Waals surface area contributed by atoms with Crippen LogP contribution in [-0.4, -0.2) is 0 Å². The summed E-state index contributed by atoms with van der Waals surface area (Å²) < 4.78 is 5.23. The van der Waals surface area contributed by atoms with Crippen LogP contribution in [0.3, 0.4) is 0 Å². The standard InChI is InChI=1S/C13H9.C10H9O.Zr/c1-3-7-12-10(5-1)9-11-6-2-4-8-13(11)12;1-8-4-5-9(7-8)10-3-2-6-11-10;/h1-5,7-8H,9H2;2-3,5-8H,1H3;/q2*-1;+2. The molecule has 0 spiro atoms. The van der Waals surface area contributed by atoms with Crippen molar-refractivity contribution in [2.45, 2.75) is 13.3 Å². The Hall–Kier alpha value is -1.92. The summed E-state index contributed by atoms with van der Waals surface area (Å²) >= 11 is 0. The third kappa shape index (κ3) is 3.85. The average Bonchev–Trinajstić information content (AvgIpc) is 3.34. The van der Waals surface area contributed by atoms with Crippen molar-refractivity contribution in [3.8, 4) is 11.1 Å². The number of rotatable bonds is 1. The molecule has 120 valence electrons. The maximum Gasteiger partial charge on any atom is 2.00 e. The molecule has 3 aromatic rings. The predicted octanol–water partition coefficient (Wildman–Crippen LogP) is 5.73. The van der Waals surface area contributed by atoms with E-state index < -0.39 is 0 Å². The van der Waals surface area contributed by atoms with Crippen molar-refractivity contribution >= 4 is 5.57 Å². The Kier molecular flexibility index (Phi) is 5.71. The number of benzene rings is 2. The molecule has 0 saturated heterocycles. The minimum absolute atomic E-state index is 0. The van der Waals surface area contributed by atoms with Crippen molar-refractivity contribution in [2.75, 3.05) is 0 Å². The Morgan fingerprint density at radius 3 is 2.60 bits per heavy atom. The van der Waals surface area contributed by atoms with E-state index in [9.17, 15) is 0 Å². The summed E-state index contributed by atoms with van der Waals surface area (Å²) in [6.45, 7) is 2.10. The zero-order valence-electron chi connectivity index (χ0n) is 14.1. The molecule has 0 amide bonds. The fraction of sp³-hybridized carbons (Fsp3) is 0.130. The Labute approximate surface area is 168 Å². The van der Waals surface area contributed by atoms with Crippen molar-refractivity contribution in [1.82, 2.24) is 0 Å².